The fraction of sp³-hybridized carbons (Fsp3) is 0.500. The quantitative estimate of drug-likeness (QED) is 0.901. The molecule has 7 nitrogen and oxygen atoms in total. The number of ether oxygens (including phenoxy) is 1. The lowest BCUT2D eigenvalue weighted by Gasteiger charge is -2.22. The number of aromatic nitrogens is 4. The minimum Gasteiger partial charge on any atom is -0.370 e. The van der Waals surface area contributed by atoms with Crippen LogP contribution in [0.4, 0.5) is 0 Å². The summed E-state index contributed by atoms with van der Waals surface area (Å²) < 4.78 is 10.8. The third-order valence-electron chi connectivity index (χ3n) is 3.62. The van der Waals surface area contributed by atoms with Gasteiger partial charge in [-0.3, -0.25) is 5.10 Å². The van der Waals surface area contributed by atoms with E-state index in [0.717, 1.165) is 25.7 Å². The second-order valence-corrected chi connectivity index (χ2v) is 4.60. The van der Waals surface area contributed by atoms with Gasteiger partial charge in [-0.2, -0.15) is 15.3 Å². The van der Waals surface area contributed by atoms with E-state index in [0.29, 0.717) is 23.0 Å². The molecule has 2 aromatic heterocycles. The molecule has 1 aliphatic carbocycles. The summed E-state index contributed by atoms with van der Waals surface area (Å²) in [6.45, 7) is 0. The first-order valence-electron chi connectivity index (χ1n) is 6.12. The maximum absolute atomic E-state index is 8.95. The maximum Gasteiger partial charge on any atom is 0.262 e. The van der Waals surface area contributed by atoms with Crippen LogP contribution < -0.4 is 0 Å². The van der Waals surface area contributed by atoms with Crippen molar-refractivity contribution >= 4 is 0 Å². The summed E-state index contributed by atoms with van der Waals surface area (Å²) in [6, 6.07) is 2.00. The van der Waals surface area contributed by atoms with Crippen LogP contribution in [0.3, 0.4) is 0 Å². The molecule has 1 saturated carbocycles. The summed E-state index contributed by atoms with van der Waals surface area (Å²) in [4.78, 5) is 4.37. The predicted octanol–water partition coefficient (Wildman–Crippen LogP) is 1.75. The number of rotatable bonds is 3. The number of nitriles is 1. The van der Waals surface area contributed by atoms with E-state index in [1.165, 1.54) is 6.20 Å². The van der Waals surface area contributed by atoms with Crippen molar-refractivity contribution in [2.75, 3.05) is 7.11 Å². The molecule has 0 bridgehead atoms. The molecule has 1 N–H and O–H groups in total. The molecule has 19 heavy (non-hydrogen) atoms. The van der Waals surface area contributed by atoms with Gasteiger partial charge in [0.2, 0.25) is 5.82 Å². The Morgan fingerprint density at radius 1 is 1.47 bits per heavy atom. The van der Waals surface area contributed by atoms with Crippen molar-refractivity contribution in [1.82, 2.24) is 20.3 Å². The van der Waals surface area contributed by atoms with Crippen LogP contribution in [-0.4, -0.2) is 27.4 Å². The molecule has 0 aliphatic heterocycles. The van der Waals surface area contributed by atoms with E-state index in [9.17, 15) is 0 Å². The molecule has 2 heterocycles. The van der Waals surface area contributed by atoms with E-state index < -0.39 is 5.60 Å². The predicted molar refractivity (Wildman–Crippen MR) is 63.7 cm³/mol. The number of hydrogen-bond acceptors (Lipinski definition) is 6. The van der Waals surface area contributed by atoms with Gasteiger partial charge in [-0.15, -0.1) is 0 Å². The zero-order valence-electron chi connectivity index (χ0n) is 10.5. The minimum absolute atomic E-state index is 0.295. The first kappa shape index (κ1) is 11.9. The van der Waals surface area contributed by atoms with Crippen LogP contribution in [0.25, 0.3) is 11.5 Å². The van der Waals surface area contributed by atoms with Crippen molar-refractivity contribution in [3.8, 4) is 17.5 Å². The highest BCUT2D eigenvalue weighted by atomic mass is 16.5. The highest BCUT2D eigenvalue weighted by molar-refractivity contribution is 5.59. The molecular weight excluding hydrogens is 246 g/mol. The van der Waals surface area contributed by atoms with Crippen molar-refractivity contribution in [1.29, 1.82) is 5.26 Å². The molecule has 1 aliphatic rings. The second kappa shape index (κ2) is 4.48. The molecular formula is C12H13N5O2. The standard InChI is InChI=1S/C12H13N5O2/c1-18-12(4-2-3-5-12)11-15-10(19-17-11)8-7-14-16-9(8)6-13/h7H,2-5H2,1H3,(H,14,16). The monoisotopic (exact) mass is 259 g/mol. The fourth-order valence-corrected chi connectivity index (χ4v) is 2.52. The minimum atomic E-state index is -0.446. The van der Waals surface area contributed by atoms with Gasteiger partial charge in [0.25, 0.3) is 5.89 Å². The Kier molecular flexibility index (Phi) is 2.80. The topological polar surface area (TPSA) is 101 Å². The van der Waals surface area contributed by atoms with Crippen LogP contribution in [-0.2, 0) is 10.3 Å². The zero-order valence-corrected chi connectivity index (χ0v) is 10.5. The Labute approximate surface area is 109 Å². The third kappa shape index (κ3) is 1.81. The van der Waals surface area contributed by atoms with Gasteiger partial charge >= 0.3 is 0 Å². The van der Waals surface area contributed by atoms with Crippen LogP contribution in [0.5, 0.6) is 0 Å². The summed E-state index contributed by atoms with van der Waals surface area (Å²) in [7, 11) is 1.67. The van der Waals surface area contributed by atoms with Gasteiger partial charge < -0.3 is 9.26 Å². The molecule has 0 saturated heterocycles. The largest absolute Gasteiger partial charge is 0.370 e. The number of aromatic amines is 1. The lowest BCUT2D eigenvalue weighted by atomic mass is 10.0. The molecule has 2 aromatic rings. The molecule has 0 aromatic carbocycles. The molecule has 0 amide bonds. The van der Waals surface area contributed by atoms with Crippen molar-refractivity contribution in [2.24, 2.45) is 0 Å². The number of nitrogens with zero attached hydrogens (tertiary/aromatic N) is 4. The van der Waals surface area contributed by atoms with Crippen LogP contribution in [0.2, 0.25) is 0 Å². The van der Waals surface area contributed by atoms with E-state index >= 15 is 0 Å². The molecule has 1 fully saturated rings. The Balaban J connectivity index is 1.98. The van der Waals surface area contributed by atoms with Crippen LogP contribution >= 0.6 is 0 Å². The SMILES string of the molecule is COC1(c2noc(-c3cn[nH]c3C#N)n2)CCCC1. The molecule has 0 radical (unpaired) electrons. The van der Waals surface area contributed by atoms with E-state index in [4.69, 9.17) is 14.5 Å². The van der Waals surface area contributed by atoms with Gasteiger partial charge in [-0.1, -0.05) is 5.16 Å². The molecule has 7 heteroatoms. The highest BCUT2D eigenvalue weighted by Crippen LogP contribution is 2.40. The van der Waals surface area contributed by atoms with Crippen molar-refractivity contribution in [3.63, 3.8) is 0 Å². The Hall–Kier alpha value is -2.20. The second-order valence-electron chi connectivity index (χ2n) is 4.60. The average Bonchev–Trinajstić information content (AvgIpc) is 3.17. The van der Waals surface area contributed by atoms with Crippen molar-refractivity contribution < 1.29 is 9.26 Å². The Morgan fingerprint density at radius 3 is 2.95 bits per heavy atom. The van der Waals surface area contributed by atoms with E-state index in [1.54, 1.807) is 7.11 Å². The number of H-pyrrole nitrogens is 1. The Morgan fingerprint density at radius 2 is 2.26 bits per heavy atom. The average molecular weight is 259 g/mol. The smallest absolute Gasteiger partial charge is 0.262 e. The normalized spacial score (nSPS) is 17.5. The molecule has 0 atom stereocenters. The number of methoxy groups -OCH3 is 1. The third-order valence-corrected chi connectivity index (χ3v) is 3.62. The van der Waals surface area contributed by atoms with Crippen molar-refractivity contribution in [2.45, 2.75) is 31.3 Å². The molecule has 3 rings (SSSR count). The van der Waals surface area contributed by atoms with E-state index in [-0.39, 0.29) is 0 Å². The zero-order chi connectivity index (χ0) is 13.3. The summed E-state index contributed by atoms with van der Waals surface area (Å²) in [5.41, 5.74) is 0.386. The summed E-state index contributed by atoms with van der Waals surface area (Å²) in [5, 5.41) is 19.4. The van der Waals surface area contributed by atoms with Gasteiger partial charge in [-0.05, 0) is 25.7 Å². The first-order chi connectivity index (χ1) is 9.29. The van der Waals surface area contributed by atoms with Gasteiger partial charge in [0.05, 0.1) is 11.8 Å². The van der Waals surface area contributed by atoms with Gasteiger partial charge in [0.1, 0.15) is 17.4 Å². The number of nitrogens with one attached hydrogen (secondary N) is 1. The highest BCUT2D eigenvalue weighted by Gasteiger charge is 2.40. The first-order valence-corrected chi connectivity index (χ1v) is 6.12. The molecule has 98 valence electrons. The summed E-state index contributed by atoms with van der Waals surface area (Å²) in [6.07, 6.45) is 5.46. The Bertz CT molecular complexity index is 618. The van der Waals surface area contributed by atoms with Gasteiger partial charge in [0, 0.05) is 7.11 Å². The molecule has 0 spiro atoms. The van der Waals surface area contributed by atoms with Crippen molar-refractivity contribution in [3.05, 3.63) is 17.7 Å². The fourth-order valence-electron chi connectivity index (χ4n) is 2.52. The van der Waals surface area contributed by atoms with Crippen LogP contribution in [0.1, 0.15) is 37.2 Å². The summed E-state index contributed by atoms with van der Waals surface area (Å²) in [5.74, 6) is 0.844. The van der Waals surface area contributed by atoms with E-state index in [2.05, 4.69) is 20.3 Å². The van der Waals surface area contributed by atoms with Gasteiger partial charge in [0.15, 0.2) is 0 Å². The molecule has 0 unspecified atom stereocenters. The number of hydrogen-bond donors (Lipinski definition) is 1. The summed E-state index contributed by atoms with van der Waals surface area (Å²) >= 11 is 0. The van der Waals surface area contributed by atoms with Crippen LogP contribution in [0, 0.1) is 11.3 Å². The maximum atomic E-state index is 8.95. The lowest BCUT2D eigenvalue weighted by molar-refractivity contribution is -0.0178. The van der Waals surface area contributed by atoms with E-state index in [1.807, 2.05) is 6.07 Å². The van der Waals surface area contributed by atoms with Crippen LogP contribution in [0.15, 0.2) is 10.7 Å². The lowest BCUT2D eigenvalue weighted by Crippen LogP contribution is -2.25. The van der Waals surface area contributed by atoms with Gasteiger partial charge in [-0.25, -0.2) is 0 Å².